The fourth-order valence-corrected chi connectivity index (χ4v) is 3.34. The highest BCUT2D eigenvalue weighted by Crippen LogP contribution is 2.33. The first kappa shape index (κ1) is 11.3. The van der Waals surface area contributed by atoms with Crippen molar-refractivity contribution in [2.75, 3.05) is 0 Å². The summed E-state index contributed by atoms with van der Waals surface area (Å²) in [7, 11) is -1.77. The van der Waals surface area contributed by atoms with Gasteiger partial charge in [-0.2, -0.15) is 0 Å². The van der Waals surface area contributed by atoms with Gasteiger partial charge >= 0.3 is 0 Å². The molecule has 2 N–H and O–H groups in total. The van der Waals surface area contributed by atoms with E-state index in [1.807, 2.05) is 13.1 Å². The molecule has 5 heteroatoms. The molecule has 68 valence electrons. The van der Waals surface area contributed by atoms with Gasteiger partial charge in [-0.3, -0.25) is 4.55 Å². The molecule has 0 heterocycles. The molecule has 0 aromatic carbocycles. The van der Waals surface area contributed by atoms with Crippen molar-refractivity contribution in [1.29, 1.82) is 0 Å². The molecule has 0 aliphatic heterocycles. The minimum absolute atomic E-state index is 0.103. The van der Waals surface area contributed by atoms with Crippen LogP contribution in [0.4, 0.5) is 0 Å². The summed E-state index contributed by atoms with van der Waals surface area (Å²) >= 11 is -1.87. The summed E-state index contributed by atoms with van der Waals surface area (Å²) in [6.45, 7) is 10.3. The molecule has 0 aromatic rings. The molecule has 0 amide bonds. The Bertz CT molecular complexity index is 164. The molecule has 0 fully saturated rings. The smallest absolute Gasteiger partial charge is 0.225 e. The minimum Gasteiger partial charge on any atom is -0.294 e. The van der Waals surface area contributed by atoms with Crippen LogP contribution in [0.1, 0.15) is 20.8 Å². The first-order chi connectivity index (χ1) is 4.67. The highest BCUT2D eigenvalue weighted by molar-refractivity contribution is 7.78. The fraction of sp³-hybridized carbons (Fsp3) is 1.00. The van der Waals surface area contributed by atoms with E-state index in [2.05, 4.69) is 25.2 Å². The summed E-state index contributed by atoms with van der Waals surface area (Å²) in [4.78, 5) is 0. The van der Waals surface area contributed by atoms with Gasteiger partial charge in [0.2, 0.25) is 11.3 Å². The van der Waals surface area contributed by atoms with Gasteiger partial charge in [-0.05, 0) is 5.04 Å². The Balaban J connectivity index is 4.34. The normalized spacial score (nSPS) is 16.5. The zero-order valence-electron chi connectivity index (χ0n) is 7.76. The lowest BCUT2D eigenvalue weighted by molar-refractivity contribution is 0.557. The second-order valence-corrected chi connectivity index (χ2v) is 10.3. The van der Waals surface area contributed by atoms with Crippen LogP contribution in [0.3, 0.4) is 0 Å². The Morgan fingerprint density at radius 2 is 1.73 bits per heavy atom. The summed E-state index contributed by atoms with van der Waals surface area (Å²) in [6, 6.07) is 0. The Kier molecular flexibility index (Phi) is 3.43. The van der Waals surface area contributed by atoms with Gasteiger partial charge in [0, 0.05) is 0 Å². The number of rotatable bonds is 2. The third-order valence-corrected chi connectivity index (χ3v) is 8.71. The van der Waals surface area contributed by atoms with Crippen LogP contribution < -0.4 is 4.39 Å². The SMILES string of the molecule is CC(C)(C)[Si](C)(C)NS(=O)O. The van der Waals surface area contributed by atoms with Crippen molar-refractivity contribution in [2.24, 2.45) is 0 Å². The molecule has 0 aliphatic carbocycles. The fourth-order valence-electron chi connectivity index (χ4n) is 0.371. The second kappa shape index (κ2) is 3.34. The van der Waals surface area contributed by atoms with E-state index in [0.29, 0.717) is 0 Å². The molecule has 11 heavy (non-hydrogen) atoms. The minimum atomic E-state index is -1.87. The molecule has 1 unspecified atom stereocenters. The van der Waals surface area contributed by atoms with Crippen molar-refractivity contribution in [3.8, 4) is 0 Å². The van der Waals surface area contributed by atoms with Crippen LogP contribution in [0.2, 0.25) is 18.1 Å². The lowest BCUT2D eigenvalue weighted by Gasteiger charge is -2.35. The van der Waals surface area contributed by atoms with Crippen molar-refractivity contribution in [1.82, 2.24) is 4.39 Å². The van der Waals surface area contributed by atoms with Crippen LogP contribution in [-0.4, -0.2) is 17.0 Å². The van der Waals surface area contributed by atoms with E-state index in [1.165, 1.54) is 0 Å². The summed E-state index contributed by atoms with van der Waals surface area (Å²) in [5.41, 5.74) is 0. The predicted molar refractivity (Wildman–Crippen MR) is 51.1 cm³/mol. The van der Waals surface area contributed by atoms with Gasteiger partial charge in [-0.25, -0.2) is 8.60 Å². The number of nitrogens with one attached hydrogen (secondary N) is 1. The standard InChI is InChI=1S/C6H17NO2SSi/c1-6(2,3)11(4,5)7-10(8)9/h7H,1-5H3,(H,8,9). The van der Waals surface area contributed by atoms with Gasteiger partial charge in [0.15, 0.2) is 0 Å². The van der Waals surface area contributed by atoms with E-state index in [4.69, 9.17) is 4.55 Å². The molecule has 1 atom stereocenters. The average molecular weight is 195 g/mol. The largest absolute Gasteiger partial charge is 0.294 e. The van der Waals surface area contributed by atoms with Crippen molar-refractivity contribution in [3.63, 3.8) is 0 Å². The molecule has 0 saturated carbocycles. The highest BCUT2D eigenvalue weighted by atomic mass is 32.2. The van der Waals surface area contributed by atoms with Gasteiger partial charge in [0.25, 0.3) is 0 Å². The summed E-state index contributed by atoms with van der Waals surface area (Å²) in [5, 5.41) is 0.103. The van der Waals surface area contributed by atoms with Crippen molar-refractivity contribution < 1.29 is 8.76 Å². The number of hydrogen-bond donors (Lipinski definition) is 2. The van der Waals surface area contributed by atoms with Crippen LogP contribution in [0.15, 0.2) is 0 Å². The van der Waals surface area contributed by atoms with Crippen LogP contribution in [0, 0.1) is 0 Å². The van der Waals surface area contributed by atoms with Crippen molar-refractivity contribution in [2.45, 2.75) is 38.9 Å². The summed E-state index contributed by atoms with van der Waals surface area (Å²) in [5.74, 6) is 0. The molecule has 0 aliphatic rings. The molecule has 0 spiro atoms. The van der Waals surface area contributed by atoms with Crippen LogP contribution in [0.25, 0.3) is 0 Å². The maximum atomic E-state index is 10.5. The quantitative estimate of drug-likeness (QED) is 0.520. The summed E-state index contributed by atoms with van der Waals surface area (Å²) < 4.78 is 21.9. The average Bonchev–Trinajstić information content (AvgIpc) is 1.56. The second-order valence-electron chi connectivity index (χ2n) is 4.23. The van der Waals surface area contributed by atoms with Crippen molar-refractivity contribution in [3.05, 3.63) is 0 Å². The van der Waals surface area contributed by atoms with Crippen molar-refractivity contribution >= 4 is 19.5 Å². The monoisotopic (exact) mass is 195 g/mol. The van der Waals surface area contributed by atoms with E-state index < -0.39 is 19.5 Å². The van der Waals surface area contributed by atoms with E-state index in [1.54, 1.807) is 0 Å². The van der Waals surface area contributed by atoms with E-state index >= 15 is 0 Å². The van der Waals surface area contributed by atoms with Gasteiger partial charge in [-0.15, -0.1) is 0 Å². The third kappa shape index (κ3) is 3.46. The van der Waals surface area contributed by atoms with E-state index in [0.717, 1.165) is 0 Å². The molecule has 0 aromatic heterocycles. The molecule has 0 bridgehead atoms. The Morgan fingerprint density at radius 3 is 1.82 bits per heavy atom. The van der Waals surface area contributed by atoms with Gasteiger partial charge in [-0.1, -0.05) is 33.9 Å². The Morgan fingerprint density at radius 1 is 1.36 bits per heavy atom. The van der Waals surface area contributed by atoms with Crippen LogP contribution >= 0.6 is 0 Å². The Hall–Kier alpha value is 0.287. The summed E-state index contributed by atoms with van der Waals surface area (Å²) in [6.07, 6.45) is 0. The maximum Gasteiger partial charge on any atom is 0.225 e. The molecule has 0 saturated heterocycles. The molecular formula is C6H17NO2SSi. The van der Waals surface area contributed by atoms with Gasteiger partial charge < -0.3 is 0 Å². The predicted octanol–water partition coefficient (Wildman–Crippen LogP) is 1.72. The molecular weight excluding hydrogens is 178 g/mol. The first-order valence-electron chi connectivity index (χ1n) is 3.55. The Labute approximate surface area is 72.1 Å². The lowest BCUT2D eigenvalue weighted by atomic mass is 10.2. The molecule has 0 radical (unpaired) electrons. The zero-order valence-corrected chi connectivity index (χ0v) is 9.58. The van der Waals surface area contributed by atoms with Crippen LogP contribution in [-0.2, 0) is 11.3 Å². The maximum absolute atomic E-state index is 10.5. The molecule has 3 nitrogen and oxygen atoms in total. The zero-order chi connectivity index (χ0) is 9.28. The van der Waals surface area contributed by atoms with E-state index in [-0.39, 0.29) is 5.04 Å². The molecule has 0 rings (SSSR count). The van der Waals surface area contributed by atoms with Gasteiger partial charge in [0.05, 0.1) is 0 Å². The topological polar surface area (TPSA) is 49.3 Å². The van der Waals surface area contributed by atoms with Gasteiger partial charge in [0.1, 0.15) is 8.24 Å². The van der Waals surface area contributed by atoms with Crippen LogP contribution in [0.5, 0.6) is 0 Å². The van der Waals surface area contributed by atoms with E-state index in [9.17, 15) is 4.21 Å². The number of hydrogen-bond acceptors (Lipinski definition) is 1. The lowest BCUT2D eigenvalue weighted by Crippen LogP contribution is -2.52. The highest BCUT2D eigenvalue weighted by Gasteiger charge is 2.36. The first-order valence-corrected chi connectivity index (χ1v) is 7.66. The third-order valence-electron chi connectivity index (χ3n) is 2.22.